The highest BCUT2D eigenvalue weighted by Crippen LogP contribution is 2.26. The number of carbonyl (C=O) groups is 3. The molecule has 2 aliphatic heterocycles. The van der Waals surface area contributed by atoms with Crippen LogP contribution in [0.2, 0.25) is 5.02 Å². The van der Waals surface area contributed by atoms with E-state index in [1.54, 1.807) is 39.9 Å². The molecule has 0 aliphatic carbocycles. The number of carbonyl (C=O) groups excluding carboxylic acids is 3. The number of rotatable bonds is 5. The number of aromatic nitrogens is 2. The van der Waals surface area contributed by atoms with Crippen LogP contribution in [0.25, 0.3) is 0 Å². The Bertz CT molecular complexity index is 1040. The average Bonchev–Trinajstić information content (AvgIpc) is 3.32. The number of hydrogen-bond acceptors (Lipinski definition) is 4. The van der Waals surface area contributed by atoms with Gasteiger partial charge in [-0.1, -0.05) is 25.4 Å². The monoisotopic (exact) mass is 472 g/mol. The summed E-state index contributed by atoms with van der Waals surface area (Å²) >= 11 is 5.88. The van der Waals surface area contributed by atoms with Gasteiger partial charge in [-0.15, -0.1) is 0 Å². The summed E-state index contributed by atoms with van der Waals surface area (Å²) in [6, 6.07) is 5.74. The number of benzene rings is 1. The standard InChI is InChI=1S/C23H29ClN6O3/c1-14(2)20(27-22(32)26-17-6-4-16(24)5-7-17)21(31)28-10-8-18(9-11-28)29-13-19-12-25-15(3)30(19)23(29)33/h4-7,12,14,18,20H,8-11,13H2,1-3H3,(H2,26,27,32). The fraction of sp³-hybridized carbons (Fsp3) is 0.478. The number of halogens is 1. The molecule has 0 radical (unpaired) electrons. The molecule has 9 nitrogen and oxygen atoms in total. The van der Waals surface area contributed by atoms with Crippen molar-refractivity contribution in [2.24, 2.45) is 5.92 Å². The Morgan fingerprint density at radius 3 is 2.42 bits per heavy atom. The van der Waals surface area contributed by atoms with Crippen LogP contribution in [-0.4, -0.2) is 62.5 Å². The molecule has 0 bridgehead atoms. The first-order valence-electron chi connectivity index (χ1n) is 11.2. The van der Waals surface area contributed by atoms with Gasteiger partial charge >= 0.3 is 12.1 Å². The van der Waals surface area contributed by atoms with Crippen LogP contribution in [0, 0.1) is 12.8 Å². The molecule has 1 atom stereocenters. The zero-order chi connectivity index (χ0) is 23.7. The molecule has 1 unspecified atom stereocenters. The molecule has 4 amide bonds. The van der Waals surface area contributed by atoms with Gasteiger partial charge in [0.15, 0.2) is 0 Å². The Morgan fingerprint density at radius 2 is 1.82 bits per heavy atom. The molecule has 1 aromatic heterocycles. The Morgan fingerprint density at radius 1 is 1.15 bits per heavy atom. The molecule has 10 heteroatoms. The van der Waals surface area contributed by atoms with Gasteiger partial charge in [0.1, 0.15) is 11.9 Å². The minimum atomic E-state index is -0.642. The summed E-state index contributed by atoms with van der Waals surface area (Å²) in [7, 11) is 0. The lowest BCUT2D eigenvalue weighted by Crippen LogP contribution is -2.55. The third-order valence-electron chi connectivity index (χ3n) is 6.32. The van der Waals surface area contributed by atoms with E-state index in [1.807, 2.05) is 25.7 Å². The molecule has 2 N–H and O–H groups in total. The highest BCUT2D eigenvalue weighted by atomic mass is 35.5. The van der Waals surface area contributed by atoms with Gasteiger partial charge in [-0.05, 0) is 49.9 Å². The zero-order valence-corrected chi connectivity index (χ0v) is 19.8. The van der Waals surface area contributed by atoms with Crippen LogP contribution in [-0.2, 0) is 11.3 Å². The molecular formula is C23H29ClN6O3. The number of anilines is 1. The molecule has 0 saturated carbocycles. The van der Waals surface area contributed by atoms with Crippen molar-refractivity contribution in [3.63, 3.8) is 0 Å². The van der Waals surface area contributed by atoms with Crippen LogP contribution in [0.1, 0.15) is 38.2 Å². The van der Waals surface area contributed by atoms with Crippen molar-refractivity contribution in [1.82, 2.24) is 24.7 Å². The van der Waals surface area contributed by atoms with Gasteiger partial charge in [0.2, 0.25) is 5.91 Å². The van der Waals surface area contributed by atoms with Crippen LogP contribution in [0.5, 0.6) is 0 Å². The van der Waals surface area contributed by atoms with Gasteiger partial charge in [0.25, 0.3) is 0 Å². The summed E-state index contributed by atoms with van der Waals surface area (Å²) in [4.78, 5) is 46.4. The number of amides is 4. The molecule has 2 aromatic rings. The van der Waals surface area contributed by atoms with Crippen LogP contribution in [0.3, 0.4) is 0 Å². The third kappa shape index (κ3) is 4.83. The SMILES string of the molecule is Cc1ncc2n1C(=O)N(C1CCN(C(=O)C(NC(=O)Nc3ccc(Cl)cc3)C(C)C)CC1)C2. The van der Waals surface area contributed by atoms with E-state index in [0.717, 1.165) is 5.69 Å². The number of piperidine rings is 1. The maximum absolute atomic E-state index is 13.2. The lowest BCUT2D eigenvalue weighted by Gasteiger charge is -2.38. The summed E-state index contributed by atoms with van der Waals surface area (Å²) < 4.78 is 1.66. The summed E-state index contributed by atoms with van der Waals surface area (Å²) in [5.41, 5.74) is 1.51. The number of fused-ring (bicyclic) bond motifs is 1. The van der Waals surface area contributed by atoms with E-state index >= 15 is 0 Å². The van der Waals surface area contributed by atoms with E-state index in [-0.39, 0.29) is 23.9 Å². The maximum Gasteiger partial charge on any atom is 0.330 e. The van der Waals surface area contributed by atoms with Crippen molar-refractivity contribution in [2.45, 2.75) is 52.2 Å². The van der Waals surface area contributed by atoms with Gasteiger partial charge in [-0.3, -0.25) is 9.36 Å². The number of nitrogens with zero attached hydrogens (tertiary/aromatic N) is 4. The molecule has 3 heterocycles. The summed E-state index contributed by atoms with van der Waals surface area (Å²) in [5, 5.41) is 6.14. The highest BCUT2D eigenvalue weighted by molar-refractivity contribution is 6.30. The van der Waals surface area contributed by atoms with Gasteiger partial charge in [0, 0.05) is 29.8 Å². The zero-order valence-electron chi connectivity index (χ0n) is 19.0. The predicted molar refractivity (Wildman–Crippen MR) is 125 cm³/mol. The lowest BCUT2D eigenvalue weighted by molar-refractivity contribution is -0.135. The van der Waals surface area contributed by atoms with Crippen LogP contribution in [0.4, 0.5) is 15.3 Å². The second kappa shape index (κ2) is 9.43. The van der Waals surface area contributed by atoms with Crippen molar-refractivity contribution in [3.05, 3.63) is 47.0 Å². The van der Waals surface area contributed by atoms with E-state index in [1.165, 1.54) is 0 Å². The quantitative estimate of drug-likeness (QED) is 0.695. The van der Waals surface area contributed by atoms with Gasteiger partial charge in [-0.2, -0.15) is 0 Å². The minimum Gasteiger partial charge on any atom is -0.341 e. The number of imidazole rings is 1. The number of nitrogens with one attached hydrogen (secondary N) is 2. The molecule has 1 fully saturated rings. The summed E-state index contributed by atoms with van der Waals surface area (Å²) in [6.07, 6.45) is 3.16. The van der Waals surface area contributed by atoms with E-state index in [9.17, 15) is 14.4 Å². The predicted octanol–water partition coefficient (Wildman–Crippen LogP) is 3.47. The molecule has 33 heavy (non-hydrogen) atoms. The second-order valence-electron chi connectivity index (χ2n) is 8.93. The Labute approximate surface area is 198 Å². The first kappa shape index (κ1) is 23.1. The van der Waals surface area contributed by atoms with Gasteiger partial charge in [0.05, 0.1) is 18.4 Å². The van der Waals surface area contributed by atoms with E-state index in [4.69, 9.17) is 11.6 Å². The van der Waals surface area contributed by atoms with Crippen molar-refractivity contribution < 1.29 is 14.4 Å². The van der Waals surface area contributed by atoms with Gasteiger partial charge < -0.3 is 20.4 Å². The van der Waals surface area contributed by atoms with Crippen LogP contribution >= 0.6 is 11.6 Å². The fourth-order valence-corrected chi connectivity index (χ4v) is 4.60. The fourth-order valence-electron chi connectivity index (χ4n) is 4.47. The van der Waals surface area contributed by atoms with E-state index in [0.29, 0.717) is 49.0 Å². The topological polar surface area (TPSA) is 99.6 Å². The first-order chi connectivity index (χ1) is 15.7. The van der Waals surface area contributed by atoms with Crippen molar-refractivity contribution in [1.29, 1.82) is 0 Å². The van der Waals surface area contributed by atoms with Crippen molar-refractivity contribution in [2.75, 3.05) is 18.4 Å². The smallest absolute Gasteiger partial charge is 0.330 e. The lowest BCUT2D eigenvalue weighted by atomic mass is 9.99. The number of aryl methyl sites for hydroxylation is 1. The summed E-state index contributed by atoms with van der Waals surface area (Å²) in [6.45, 7) is 7.29. The van der Waals surface area contributed by atoms with Crippen LogP contribution < -0.4 is 10.6 Å². The number of urea groups is 1. The molecule has 0 spiro atoms. The van der Waals surface area contributed by atoms with Gasteiger partial charge in [-0.25, -0.2) is 14.6 Å². The van der Waals surface area contributed by atoms with E-state index in [2.05, 4.69) is 15.6 Å². The molecule has 2 aliphatic rings. The van der Waals surface area contributed by atoms with Crippen molar-refractivity contribution >= 4 is 35.3 Å². The summed E-state index contributed by atoms with van der Waals surface area (Å²) in [5.74, 6) is 0.523. The average molecular weight is 473 g/mol. The molecule has 4 rings (SSSR count). The molecule has 176 valence electrons. The number of hydrogen-bond donors (Lipinski definition) is 2. The maximum atomic E-state index is 13.2. The normalized spacial score (nSPS) is 17.3. The molecule has 1 aromatic carbocycles. The molecule has 1 saturated heterocycles. The highest BCUT2D eigenvalue weighted by Gasteiger charge is 2.37. The Hall–Kier alpha value is -3.07. The first-order valence-corrected chi connectivity index (χ1v) is 11.6. The van der Waals surface area contributed by atoms with Crippen LogP contribution in [0.15, 0.2) is 30.5 Å². The third-order valence-corrected chi connectivity index (χ3v) is 6.57. The Balaban J connectivity index is 1.33. The second-order valence-corrected chi connectivity index (χ2v) is 9.36. The number of likely N-dealkylation sites (tertiary alicyclic amines) is 1. The van der Waals surface area contributed by atoms with Crippen molar-refractivity contribution in [3.8, 4) is 0 Å². The molecular weight excluding hydrogens is 444 g/mol. The largest absolute Gasteiger partial charge is 0.341 e. The van der Waals surface area contributed by atoms with E-state index < -0.39 is 12.1 Å². The Kier molecular flexibility index (Phi) is 6.60. The minimum absolute atomic E-state index is 0.0367.